The summed E-state index contributed by atoms with van der Waals surface area (Å²) in [4.78, 5) is 2.20. The first-order chi connectivity index (χ1) is 8.97. The van der Waals surface area contributed by atoms with E-state index in [9.17, 15) is 4.39 Å². The van der Waals surface area contributed by atoms with Crippen molar-refractivity contribution in [2.45, 2.75) is 45.3 Å². The molecule has 0 bridgehead atoms. The number of hydrogen-bond acceptors (Lipinski definition) is 3. The van der Waals surface area contributed by atoms with Crippen LogP contribution < -0.4 is 5.73 Å². The molecule has 0 aromatic heterocycles. The minimum Gasteiger partial charge on any atom is -0.326 e. The van der Waals surface area contributed by atoms with Crippen LogP contribution in [-0.2, 0) is 0 Å². The molecule has 104 valence electrons. The molecule has 4 heteroatoms. The third kappa shape index (κ3) is 4.30. The van der Waals surface area contributed by atoms with Gasteiger partial charge in [0.05, 0.1) is 6.07 Å². The van der Waals surface area contributed by atoms with Crippen molar-refractivity contribution in [3.8, 4) is 6.07 Å². The van der Waals surface area contributed by atoms with E-state index >= 15 is 0 Å². The van der Waals surface area contributed by atoms with Gasteiger partial charge in [-0.3, -0.25) is 4.90 Å². The summed E-state index contributed by atoms with van der Waals surface area (Å²) in [6.45, 7) is 6.76. The molecule has 0 radical (unpaired) electrons. The Morgan fingerprint density at radius 3 is 2.26 bits per heavy atom. The highest BCUT2D eigenvalue weighted by atomic mass is 19.1. The number of rotatable bonds is 6. The summed E-state index contributed by atoms with van der Waals surface area (Å²) in [6.07, 6.45) is 0.461. The monoisotopic (exact) mass is 263 g/mol. The standard InChI is InChI=1S/C15H22FN3/c1-11(2)19(10-4-9-17)15(12(3)18)13-5-7-14(16)8-6-13/h5-8,11-12,15H,4,10,18H2,1-3H3. The van der Waals surface area contributed by atoms with Gasteiger partial charge >= 0.3 is 0 Å². The van der Waals surface area contributed by atoms with Crippen molar-refractivity contribution in [1.82, 2.24) is 4.90 Å². The molecule has 0 aliphatic heterocycles. The van der Waals surface area contributed by atoms with Crippen LogP contribution in [0.4, 0.5) is 4.39 Å². The van der Waals surface area contributed by atoms with Gasteiger partial charge < -0.3 is 5.73 Å². The lowest BCUT2D eigenvalue weighted by atomic mass is 9.97. The Kier molecular flexibility index (Phi) is 5.94. The van der Waals surface area contributed by atoms with Gasteiger partial charge in [-0.05, 0) is 38.5 Å². The van der Waals surface area contributed by atoms with Gasteiger partial charge in [-0.1, -0.05) is 12.1 Å². The van der Waals surface area contributed by atoms with Crippen LogP contribution in [0.1, 0.15) is 38.8 Å². The fraction of sp³-hybridized carbons (Fsp3) is 0.533. The average molecular weight is 263 g/mol. The zero-order chi connectivity index (χ0) is 14.4. The van der Waals surface area contributed by atoms with Crippen molar-refractivity contribution >= 4 is 0 Å². The lowest BCUT2D eigenvalue weighted by Gasteiger charge is -2.37. The molecule has 0 aliphatic carbocycles. The maximum atomic E-state index is 13.0. The summed E-state index contributed by atoms with van der Waals surface area (Å²) < 4.78 is 13.0. The van der Waals surface area contributed by atoms with Gasteiger partial charge in [0, 0.05) is 31.1 Å². The van der Waals surface area contributed by atoms with E-state index in [1.807, 2.05) is 6.92 Å². The predicted octanol–water partition coefficient (Wildman–Crippen LogP) is 2.84. The molecule has 0 saturated heterocycles. The van der Waals surface area contributed by atoms with Gasteiger partial charge in [-0.25, -0.2) is 4.39 Å². The zero-order valence-electron chi connectivity index (χ0n) is 11.8. The first-order valence-corrected chi connectivity index (χ1v) is 6.61. The molecule has 0 spiro atoms. The number of hydrogen-bond donors (Lipinski definition) is 1. The Morgan fingerprint density at radius 1 is 1.26 bits per heavy atom. The Bertz CT molecular complexity index is 420. The summed E-state index contributed by atoms with van der Waals surface area (Å²) in [5.41, 5.74) is 7.09. The first kappa shape index (κ1) is 15.6. The molecule has 0 amide bonds. The topological polar surface area (TPSA) is 53.0 Å². The van der Waals surface area contributed by atoms with Crippen LogP contribution in [0, 0.1) is 17.1 Å². The normalized spacial score (nSPS) is 14.4. The molecule has 1 aromatic rings. The smallest absolute Gasteiger partial charge is 0.123 e. The van der Waals surface area contributed by atoms with Crippen LogP contribution in [0.25, 0.3) is 0 Å². The van der Waals surface area contributed by atoms with Crippen molar-refractivity contribution in [2.75, 3.05) is 6.54 Å². The molecule has 3 nitrogen and oxygen atoms in total. The molecule has 2 unspecified atom stereocenters. The van der Waals surface area contributed by atoms with E-state index in [1.54, 1.807) is 12.1 Å². The van der Waals surface area contributed by atoms with E-state index in [-0.39, 0.29) is 23.9 Å². The van der Waals surface area contributed by atoms with Crippen molar-refractivity contribution in [2.24, 2.45) is 5.73 Å². The average Bonchev–Trinajstić information content (AvgIpc) is 2.35. The van der Waals surface area contributed by atoms with Crippen LogP contribution in [0.15, 0.2) is 24.3 Å². The van der Waals surface area contributed by atoms with E-state index in [1.165, 1.54) is 12.1 Å². The van der Waals surface area contributed by atoms with Crippen molar-refractivity contribution in [1.29, 1.82) is 5.26 Å². The summed E-state index contributed by atoms with van der Waals surface area (Å²) in [5, 5.41) is 8.77. The van der Waals surface area contributed by atoms with Gasteiger partial charge in [-0.15, -0.1) is 0 Å². The van der Waals surface area contributed by atoms with Gasteiger partial charge in [0.15, 0.2) is 0 Å². The van der Waals surface area contributed by atoms with Crippen LogP contribution in [0.5, 0.6) is 0 Å². The summed E-state index contributed by atoms with van der Waals surface area (Å²) in [7, 11) is 0. The molecule has 1 aromatic carbocycles. The second kappa shape index (κ2) is 7.22. The maximum Gasteiger partial charge on any atom is 0.123 e. The van der Waals surface area contributed by atoms with Crippen molar-refractivity contribution in [3.63, 3.8) is 0 Å². The fourth-order valence-electron chi connectivity index (χ4n) is 2.35. The van der Waals surface area contributed by atoms with Crippen LogP contribution in [0.3, 0.4) is 0 Å². The van der Waals surface area contributed by atoms with Gasteiger partial charge in [0.2, 0.25) is 0 Å². The Morgan fingerprint density at radius 2 is 1.84 bits per heavy atom. The van der Waals surface area contributed by atoms with E-state index in [0.717, 1.165) is 5.56 Å². The van der Waals surface area contributed by atoms with Crippen molar-refractivity contribution in [3.05, 3.63) is 35.6 Å². The molecule has 1 rings (SSSR count). The summed E-state index contributed by atoms with van der Waals surface area (Å²) in [6, 6.07) is 8.78. The number of halogens is 1. The second-order valence-corrected chi connectivity index (χ2v) is 5.10. The number of benzene rings is 1. The fourth-order valence-corrected chi connectivity index (χ4v) is 2.35. The van der Waals surface area contributed by atoms with Gasteiger partial charge in [0.1, 0.15) is 5.82 Å². The summed E-state index contributed by atoms with van der Waals surface area (Å²) in [5.74, 6) is -0.250. The SMILES string of the molecule is CC(N)C(c1ccc(F)cc1)N(CCC#N)C(C)C. The van der Waals surface area contributed by atoms with E-state index in [2.05, 4.69) is 24.8 Å². The molecule has 0 saturated carbocycles. The summed E-state index contributed by atoms with van der Waals surface area (Å²) >= 11 is 0. The highest BCUT2D eigenvalue weighted by molar-refractivity contribution is 5.21. The molecule has 2 atom stereocenters. The minimum absolute atomic E-state index is 0.00560. The van der Waals surface area contributed by atoms with Crippen molar-refractivity contribution < 1.29 is 4.39 Å². The molecule has 19 heavy (non-hydrogen) atoms. The van der Waals surface area contributed by atoms with E-state index in [0.29, 0.717) is 13.0 Å². The second-order valence-electron chi connectivity index (χ2n) is 5.10. The molecular formula is C15H22FN3. The molecular weight excluding hydrogens is 241 g/mol. The zero-order valence-corrected chi connectivity index (χ0v) is 11.8. The lowest BCUT2D eigenvalue weighted by Crippen LogP contribution is -2.43. The molecule has 0 aliphatic rings. The highest BCUT2D eigenvalue weighted by Gasteiger charge is 2.25. The number of nitrogens with zero attached hydrogens (tertiary/aromatic N) is 2. The van der Waals surface area contributed by atoms with E-state index in [4.69, 9.17) is 11.0 Å². The third-order valence-electron chi connectivity index (χ3n) is 3.21. The third-order valence-corrected chi connectivity index (χ3v) is 3.21. The molecule has 2 N–H and O–H groups in total. The minimum atomic E-state index is -0.250. The van der Waals surface area contributed by atoms with Crippen LogP contribution >= 0.6 is 0 Å². The highest BCUT2D eigenvalue weighted by Crippen LogP contribution is 2.26. The lowest BCUT2D eigenvalue weighted by molar-refractivity contribution is 0.139. The largest absolute Gasteiger partial charge is 0.326 e. The van der Waals surface area contributed by atoms with Gasteiger partial charge in [-0.2, -0.15) is 5.26 Å². The first-order valence-electron chi connectivity index (χ1n) is 6.61. The van der Waals surface area contributed by atoms with E-state index < -0.39 is 0 Å². The number of nitriles is 1. The number of nitrogens with two attached hydrogens (primary N) is 1. The van der Waals surface area contributed by atoms with Crippen LogP contribution in [-0.4, -0.2) is 23.5 Å². The Balaban J connectivity index is 3.03. The maximum absolute atomic E-state index is 13.0. The van der Waals surface area contributed by atoms with Gasteiger partial charge in [0.25, 0.3) is 0 Å². The Hall–Kier alpha value is -1.44. The Labute approximate surface area is 114 Å². The molecule has 0 heterocycles. The molecule has 0 fully saturated rings. The quantitative estimate of drug-likeness (QED) is 0.858. The predicted molar refractivity (Wildman–Crippen MR) is 74.9 cm³/mol. The van der Waals surface area contributed by atoms with Crippen LogP contribution in [0.2, 0.25) is 0 Å².